The summed E-state index contributed by atoms with van der Waals surface area (Å²) in [4.78, 5) is 11.0. The van der Waals surface area contributed by atoms with E-state index < -0.39 is 5.97 Å². The lowest BCUT2D eigenvalue weighted by atomic mass is 9.98. The minimum Gasteiger partial charge on any atom is -0.476 e. The largest absolute Gasteiger partial charge is 0.476 e. The van der Waals surface area contributed by atoms with Crippen molar-refractivity contribution in [2.45, 2.75) is 13.8 Å². The summed E-state index contributed by atoms with van der Waals surface area (Å²) in [5, 5.41) is 18.8. The first kappa shape index (κ1) is 15.7. The van der Waals surface area contributed by atoms with E-state index in [2.05, 4.69) is 59.6 Å². The van der Waals surface area contributed by atoms with Gasteiger partial charge in [0.15, 0.2) is 5.69 Å². The first-order valence-electron chi connectivity index (χ1n) is 7.54. The highest BCUT2D eigenvalue weighted by Crippen LogP contribution is 2.25. The normalized spacial score (nSPS) is 11.1. The maximum Gasteiger partial charge on any atom is 0.358 e. The lowest BCUT2D eigenvalue weighted by Crippen LogP contribution is -1.98. The number of aromatic amines is 1. The van der Waals surface area contributed by atoms with Crippen LogP contribution in [0.2, 0.25) is 0 Å². The Morgan fingerprint density at radius 3 is 2.46 bits per heavy atom. The van der Waals surface area contributed by atoms with Crippen LogP contribution >= 0.6 is 0 Å². The second kappa shape index (κ2) is 6.50. The molecule has 120 valence electrons. The number of nitrogens with one attached hydrogen (secondary N) is 1. The average molecular weight is 319 g/mol. The first-order valence-corrected chi connectivity index (χ1v) is 7.54. The molecule has 2 aromatic carbocycles. The van der Waals surface area contributed by atoms with Gasteiger partial charge in [0.25, 0.3) is 0 Å². The van der Waals surface area contributed by atoms with E-state index in [-0.39, 0.29) is 5.69 Å². The molecule has 0 spiro atoms. The van der Waals surface area contributed by atoms with Crippen molar-refractivity contribution in [1.29, 1.82) is 0 Å². The van der Waals surface area contributed by atoms with Gasteiger partial charge in [-0.1, -0.05) is 54.1 Å². The molecule has 0 amide bonds. The van der Waals surface area contributed by atoms with Crippen LogP contribution in [0.15, 0.2) is 42.5 Å². The smallest absolute Gasteiger partial charge is 0.358 e. The first-order chi connectivity index (χ1) is 11.5. The van der Waals surface area contributed by atoms with Crippen LogP contribution < -0.4 is 0 Å². The van der Waals surface area contributed by atoms with Crippen LogP contribution in [-0.2, 0) is 0 Å². The minimum atomic E-state index is -1.10. The fraction of sp³-hybridized carbons (Fsp3) is 0.105. The van der Waals surface area contributed by atoms with Crippen LogP contribution in [-0.4, -0.2) is 26.5 Å². The Balaban J connectivity index is 1.83. The zero-order valence-electron chi connectivity index (χ0n) is 13.4. The molecule has 24 heavy (non-hydrogen) atoms. The number of hydrogen-bond acceptors (Lipinski definition) is 3. The summed E-state index contributed by atoms with van der Waals surface area (Å²) < 4.78 is 0. The zero-order chi connectivity index (χ0) is 17.1. The van der Waals surface area contributed by atoms with Crippen molar-refractivity contribution in [3.05, 3.63) is 70.5 Å². The highest BCUT2D eigenvalue weighted by atomic mass is 16.4. The van der Waals surface area contributed by atoms with Crippen molar-refractivity contribution in [3.8, 4) is 11.1 Å². The molecule has 0 saturated carbocycles. The summed E-state index contributed by atoms with van der Waals surface area (Å²) in [5.74, 6) is -1.10. The molecule has 3 rings (SSSR count). The molecule has 0 fully saturated rings. The van der Waals surface area contributed by atoms with Gasteiger partial charge in [0.05, 0.1) is 0 Å². The van der Waals surface area contributed by atoms with Crippen molar-refractivity contribution in [1.82, 2.24) is 15.4 Å². The van der Waals surface area contributed by atoms with Crippen molar-refractivity contribution >= 4 is 18.1 Å². The van der Waals surface area contributed by atoms with Crippen LogP contribution in [0, 0.1) is 13.8 Å². The van der Waals surface area contributed by atoms with Gasteiger partial charge in [0.1, 0.15) is 5.69 Å². The van der Waals surface area contributed by atoms with Crippen molar-refractivity contribution in [2.75, 3.05) is 0 Å². The molecule has 0 aliphatic carbocycles. The summed E-state index contributed by atoms with van der Waals surface area (Å²) in [7, 11) is 0. The fourth-order valence-corrected chi connectivity index (χ4v) is 2.60. The number of rotatable bonds is 4. The fourth-order valence-electron chi connectivity index (χ4n) is 2.60. The Hall–Kier alpha value is -3.21. The van der Waals surface area contributed by atoms with E-state index in [1.165, 1.54) is 16.7 Å². The SMILES string of the molecule is Cc1ccc(-c2ccc(/C=C/c3n[nH]nc3C(=O)O)cc2)c(C)c1. The van der Waals surface area contributed by atoms with E-state index in [1.54, 1.807) is 6.08 Å². The van der Waals surface area contributed by atoms with E-state index in [0.29, 0.717) is 5.69 Å². The zero-order valence-corrected chi connectivity index (χ0v) is 13.4. The molecule has 0 aliphatic rings. The molecule has 0 bridgehead atoms. The van der Waals surface area contributed by atoms with Gasteiger partial charge in [-0.15, -0.1) is 5.10 Å². The summed E-state index contributed by atoms with van der Waals surface area (Å²) >= 11 is 0. The van der Waals surface area contributed by atoms with Crippen LogP contribution in [0.3, 0.4) is 0 Å². The molecule has 0 radical (unpaired) electrons. The lowest BCUT2D eigenvalue weighted by molar-refractivity contribution is 0.0690. The Morgan fingerprint density at radius 1 is 1.04 bits per heavy atom. The van der Waals surface area contributed by atoms with Crippen LogP contribution in [0.4, 0.5) is 0 Å². The van der Waals surface area contributed by atoms with Gasteiger partial charge in [0, 0.05) is 0 Å². The minimum absolute atomic E-state index is 0.0850. The molecule has 0 saturated heterocycles. The number of aromatic nitrogens is 3. The van der Waals surface area contributed by atoms with Gasteiger partial charge < -0.3 is 5.11 Å². The topological polar surface area (TPSA) is 78.9 Å². The molecule has 1 aromatic heterocycles. The number of aryl methyl sites for hydroxylation is 2. The Kier molecular flexibility index (Phi) is 4.24. The molecule has 2 N–H and O–H groups in total. The van der Waals surface area contributed by atoms with Crippen molar-refractivity contribution < 1.29 is 9.90 Å². The number of carboxylic acid groups (broad SMARTS) is 1. The maximum atomic E-state index is 11.0. The third-order valence-electron chi connectivity index (χ3n) is 3.81. The monoisotopic (exact) mass is 319 g/mol. The van der Waals surface area contributed by atoms with Gasteiger partial charge in [-0.25, -0.2) is 4.79 Å². The molecule has 1 heterocycles. The molecule has 5 heteroatoms. The van der Waals surface area contributed by atoms with E-state index >= 15 is 0 Å². The van der Waals surface area contributed by atoms with E-state index in [1.807, 2.05) is 18.2 Å². The van der Waals surface area contributed by atoms with Crippen LogP contribution in [0.1, 0.15) is 32.9 Å². The number of aromatic carboxylic acids is 1. The van der Waals surface area contributed by atoms with Gasteiger partial charge in [-0.3, -0.25) is 0 Å². The maximum absolute atomic E-state index is 11.0. The third-order valence-corrected chi connectivity index (χ3v) is 3.81. The number of H-pyrrole nitrogens is 1. The number of hydrogen-bond donors (Lipinski definition) is 2. The molecular formula is C19H17N3O2. The molecule has 0 unspecified atom stereocenters. The number of carbonyl (C=O) groups is 1. The summed E-state index contributed by atoms with van der Waals surface area (Å²) in [6.45, 7) is 4.19. The standard InChI is InChI=1S/C19H17N3O2/c1-12-3-9-16(13(2)11-12)15-7-4-14(5-8-15)6-10-17-18(19(23)24)21-22-20-17/h3-11H,1-2H3,(H,23,24)(H,20,21,22)/b10-6+. The second-order valence-corrected chi connectivity index (χ2v) is 5.64. The summed E-state index contributed by atoms with van der Waals surface area (Å²) in [6, 6.07) is 14.5. The predicted octanol–water partition coefficient (Wildman–Crippen LogP) is 3.96. The lowest BCUT2D eigenvalue weighted by Gasteiger charge is -2.07. The van der Waals surface area contributed by atoms with Crippen molar-refractivity contribution in [3.63, 3.8) is 0 Å². The van der Waals surface area contributed by atoms with E-state index in [0.717, 1.165) is 11.1 Å². The molecular weight excluding hydrogens is 302 g/mol. The van der Waals surface area contributed by atoms with Gasteiger partial charge in [-0.2, -0.15) is 10.3 Å². The quantitative estimate of drug-likeness (QED) is 0.763. The Labute approximate surface area is 139 Å². The highest BCUT2D eigenvalue weighted by molar-refractivity contribution is 5.90. The van der Waals surface area contributed by atoms with Crippen molar-refractivity contribution in [2.24, 2.45) is 0 Å². The van der Waals surface area contributed by atoms with E-state index in [9.17, 15) is 4.79 Å². The summed E-state index contributed by atoms with van der Waals surface area (Å²) in [5.41, 5.74) is 6.03. The van der Waals surface area contributed by atoms with E-state index in [4.69, 9.17) is 5.11 Å². The van der Waals surface area contributed by atoms with Crippen LogP contribution in [0.5, 0.6) is 0 Å². The van der Waals surface area contributed by atoms with Crippen LogP contribution in [0.25, 0.3) is 23.3 Å². The number of benzene rings is 2. The van der Waals surface area contributed by atoms with Gasteiger partial charge in [-0.05, 0) is 42.2 Å². The summed E-state index contributed by atoms with van der Waals surface area (Å²) in [6.07, 6.45) is 3.45. The Morgan fingerprint density at radius 2 is 1.79 bits per heavy atom. The highest BCUT2D eigenvalue weighted by Gasteiger charge is 2.12. The Bertz CT molecular complexity index is 909. The molecule has 0 atom stereocenters. The molecule has 3 aromatic rings. The average Bonchev–Trinajstić information content (AvgIpc) is 3.02. The second-order valence-electron chi connectivity index (χ2n) is 5.64. The van der Waals surface area contributed by atoms with Gasteiger partial charge >= 0.3 is 5.97 Å². The number of carboxylic acids is 1. The number of nitrogens with zero attached hydrogens (tertiary/aromatic N) is 2. The molecule has 5 nitrogen and oxygen atoms in total. The third kappa shape index (κ3) is 3.25. The molecule has 0 aliphatic heterocycles. The predicted molar refractivity (Wildman–Crippen MR) is 93.6 cm³/mol. The van der Waals surface area contributed by atoms with Gasteiger partial charge in [0.2, 0.25) is 0 Å².